The number of piperazine rings is 1. The summed E-state index contributed by atoms with van der Waals surface area (Å²) in [7, 11) is 6.18. The lowest BCUT2D eigenvalue weighted by Gasteiger charge is -2.41. The number of hydrogen-bond acceptors (Lipinski definition) is 4. The highest BCUT2D eigenvalue weighted by atomic mass is 16.2. The van der Waals surface area contributed by atoms with Crippen LogP contribution in [0.1, 0.15) is 24.7 Å². The number of fused-ring (bicyclic) bond motifs is 1. The van der Waals surface area contributed by atoms with Crippen LogP contribution < -0.4 is 0 Å². The summed E-state index contributed by atoms with van der Waals surface area (Å²) in [6.45, 7) is 6.67. The Morgan fingerprint density at radius 1 is 1.36 bits per heavy atom. The van der Waals surface area contributed by atoms with Crippen LogP contribution in [0.4, 0.5) is 0 Å². The number of amides is 1. The van der Waals surface area contributed by atoms with Crippen LogP contribution >= 0.6 is 0 Å². The van der Waals surface area contributed by atoms with E-state index in [9.17, 15) is 4.79 Å². The van der Waals surface area contributed by atoms with Crippen LogP contribution in [-0.2, 0) is 18.4 Å². The fourth-order valence-corrected chi connectivity index (χ4v) is 3.76. The molecule has 22 heavy (non-hydrogen) atoms. The summed E-state index contributed by atoms with van der Waals surface area (Å²) in [6, 6.07) is 2.90. The SMILES string of the molecule is Cc1cc(CN2CC3CC(N(C)C)CN3C(=O)C2C)n(C)n1. The fraction of sp³-hybridized carbons (Fsp3) is 0.750. The Morgan fingerprint density at radius 3 is 2.68 bits per heavy atom. The van der Waals surface area contributed by atoms with Gasteiger partial charge in [-0.3, -0.25) is 14.4 Å². The third-order valence-electron chi connectivity index (χ3n) is 5.22. The van der Waals surface area contributed by atoms with Gasteiger partial charge in [0, 0.05) is 38.8 Å². The second-order valence-electron chi connectivity index (χ2n) is 7.00. The minimum Gasteiger partial charge on any atom is -0.335 e. The van der Waals surface area contributed by atoms with Gasteiger partial charge < -0.3 is 9.80 Å². The highest BCUT2D eigenvalue weighted by Gasteiger charge is 2.44. The first kappa shape index (κ1) is 15.5. The minimum atomic E-state index is -0.0487. The summed E-state index contributed by atoms with van der Waals surface area (Å²) >= 11 is 0. The van der Waals surface area contributed by atoms with Gasteiger partial charge in [0.05, 0.1) is 17.4 Å². The van der Waals surface area contributed by atoms with Gasteiger partial charge in [-0.2, -0.15) is 5.10 Å². The Bertz CT molecular complexity index is 567. The smallest absolute Gasteiger partial charge is 0.240 e. The Labute approximate surface area is 132 Å². The Hall–Kier alpha value is -1.40. The third kappa shape index (κ3) is 2.65. The number of rotatable bonds is 3. The molecule has 0 aliphatic carbocycles. The first-order valence-corrected chi connectivity index (χ1v) is 8.07. The summed E-state index contributed by atoms with van der Waals surface area (Å²) in [6.07, 6.45) is 1.08. The lowest BCUT2D eigenvalue weighted by molar-refractivity contribution is -0.143. The van der Waals surface area contributed by atoms with E-state index in [0.29, 0.717) is 12.1 Å². The van der Waals surface area contributed by atoms with Crippen LogP contribution in [0, 0.1) is 6.92 Å². The van der Waals surface area contributed by atoms with Gasteiger partial charge in [0.25, 0.3) is 0 Å². The first-order valence-electron chi connectivity index (χ1n) is 8.07. The molecule has 1 aromatic rings. The Kier molecular flexibility index (Phi) is 3.99. The van der Waals surface area contributed by atoms with Crippen molar-refractivity contribution in [2.24, 2.45) is 7.05 Å². The largest absolute Gasteiger partial charge is 0.335 e. The molecule has 2 fully saturated rings. The van der Waals surface area contributed by atoms with Gasteiger partial charge in [0.1, 0.15) is 0 Å². The molecule has 0 aromatic carbocycles. The van der Waals surface area contributed by atoms with Gasteiger partial charge in [-0.25, -0.2) is 0 Å². The van der Waals surface area contributed by atoms with Crippen LogP contribution in [0.25, 0.3) is 0 Å². The van der Waals surface area contributed by atoms with Crippen LogP contribution in [0.3, 0.4) is 0 Å². The molecule has 0 N–H and O–H groups in total. The number of aromatic nitrogens is 2. The van der Waals surface area contributed by atoms with Crippen molar-refractivity contribution in [2.45, 2.75) is 44.9 Å². The van der Waals surface area contributed by atoms with E-state index in [2.05, 4.69) is 40.0 Å². The van der Waals surface area contributed by atoms with Crippen molar-refractivity contribution in [3.63, 3.8) is 0 Å². The minimum absolute atomic E-state index is 0.0487. The average molecular weight is 305 g/mol. The van der Waals surface area contributed by atoms with E-state index < -0.39 is 0 Å². The molecule has 3 unspecified atom stereocenters. The fourth-order valence-electron chi connectivity index (χ4n) is 3.76. The molecule has 2 aliphatic heterocycles. The lowest BCUT2D eigenvalue weighted by atomic mass is 10.1. The van der Waals surface area contributed by atoms with Crippen LogP contribution in [0.5, 0.6) is 0 Å². The van der Waals surface area contributed by atoms with E-state index in [-0.39, 0.29) is 11.9 Å². The second kappa shape index (κ2) is 5.66. The molecule has 0 bridgehead atoms. The van der Waals surface area contributed by atoms with Crippen molar-refractivity contribution in [3.05, 3.63) is 17.5 Å². The molecule has 1 aromatic heterocycles. The van der Waals surface area contributed by atoms with E-state index in [4.69, 9.17) is 0 Å². The van der Waals surface area contributed by atoms with Gasteiger partial charge in [-0.1, -0.05) is 0 Å². The Morgan fingerprint density at radius 2 is 2.09 bits per heavy atom. The van der Waals surface area contributed by atoms with E-state index in [0.717, 1.165) is 31.7 Å². The zero-order valence-corrected chi connectivity index (χ0v) is 14.3. The molecule has 122 valence electrons. The van der Waals surface area contributed by atoms with Gasteiger partial charge in [-0.15, -0.1) is 0 Å². The zero-order chi connectivity index (χ0) is 16.0. The maximum atomic E-state index is 12.7. The quantitative estimate of drug-likeness (QED) is 0.814. The highest BCUT2D eigenvalue weighted by molar-refractivity contribution is 5.83. The molecule has 3 atom stereocenters. The highest BCUT2D eigenvalue weighted by Crippen LogP contribution is 2.28. The van der Waals surface area contributed by atoms with Crippen LogP contribution in [-0.4, -0.2) is 75.7 Å². The number of carbonyl (C=O) groups excluding carboxylic acids is 1. The van der Waals surface area contributed by atoms with E-state index in [1.54, 1.807) is 0 Å². The average Bonchev–Trinajstić information content (AvgIpc) is 3.00. The molecule has 2 saturated heterocycles. The summed E-state index contributed by atoms with van der Waals surface area (Å²) in [5.41, 5.74) is 2.21. The lowest BCUT2D eigenvalue weighted by Crippen LogP contribution is -2.58. The van der Waals surface area contributed by atoms with Gasteiger partial charge in [0.2, 0.25) is 5.91 Å². The maximum Gasteiger partial charge on any atom is 0.240 e. The molecule has 2 aliphatic rings. The maximum absolute atomic E-state index is 12.7. The summed E-state index contributed by atoms with van der Waals surface area (Å²) in [5, 5.41) is 4.41. The standard InChI is InChI=1S/C16H27N5O/c1-11-6-14(19(5)17-11)8-20-9-15-7-13(18(3)4)10-21(15)16(22)12(20)2/h6,12-13,15H,7-10H2,1-5H3. The number of hydrogen-bond donors (Lipinski definition) is 0. The predicted octanol–water partition coefficient (Wildman–Crippen LogP) is 0.464. The molecule has 3 heterocycles. The zero-order valence-electron chi connectivity index (χ0n) is 14.3. The number of likely N-dealkylation sites (N-methyl/N-ethyl adjacent to an activating group) is 1. The monoisotopic (exact) mass is 305 g/mol. The summed E-state index contributed by atoms with van der Waals surface area (Å²) in [4.78, 5) is 19.4. The van der Waals surface area contributed by atoms with Gasteiger partial charge in [-0.05, 0) is 40.4 Å². The van der Waals surface area contributed by atoms with Crippen molar-refractivity contribution in [2.75, 3.05) is 27.2 Å². The van der Waals surface area contributed by atoms with Gasteiger partial charge in [0.15, 0.2) is 0 Å². The number of aryl methyl sites for hydroxylation is 2. The predicted molar refractivity (Wildman–Crippen MR) is 85.4 cm³/mol. The second-order valence-corrected chi connectivity index (χ2v) is 7.00. The van der Waals surface area contributed by atoms with E-state index in [1.807, 2.05) is 25.6 Å². The molecular formula is C16H27N5O. The van der Waals surface area contributed by atoms with Crippen molar-refractivity contribution in [1.82, 2.24) is 24.5 Å². The summed E-state index contributed by atoms with van der Waals surface area (Å²) < 4.78 is 1.93. The van der Waals surface area contributed by atoms with Crippen molar-refractivity contribution in [3.8, 4) is 0 Å². The molecule has 0 radical (unpaired) electrons. The van der Waals surface area contributed by atoms with E-state index >= 15 is 0 Å². The third-order valence-corrected chi connectivity index (χ3v) is 5.22. The van der Waals surface area contributed by atoms with Gasteiger partial charge >= 0.3 is 0 Å². The molecular weight excluding hydrogens is 278 g/mol. The number of carbonyl (C=O) groups is 1. The van der Waals surface area contributed by atoms with E-state index in [1.165, 1.54) is 5.69 Å². The molecule has 1 amide bonds. The normalized spacial score (nSPS) is 29.5. The van der Waals surface area contributed by atoms with Crippen LogP contribution in [0.2, 0.25) is 0 Å². The van der Waals surface area contributed by atoms with Crippen LogP contribution in [0.15, 0.2) is 6.07 Å². The van der Waals surface area contributed by atoms with Crippen molar-refractivity contribution in [1.29, 1.82) is 0 Å². The molecule has 6 nitrogen and oxygen atoms in total. The number of nitrogens with zero attached hydrogens (tertiary/aromatic N) is 5. The molecule has 6 heteroatoms. The topological polar surface area (TPSA) is 44.6 Å². The summed E-state index contributed by atoms with van der Waals surface area (Å²) in [5.74, 6) is 0.277. The Balaban J connectivity index is 1.75. The molecule has 0 spiro atoms. The van der Waals surface area contributed by atoms with Crippen molar-refractivity contribution >= 4 is 5.91 Å². The molecule has 0 saturated carbocycles. The first-order chi connectivity index (χ1) is 10.4. The molecule has 3 rings (SSSR count). The van der Waals surface area contributed by atoms with Crippen molar-refractivity contribution < 1.29 is 4.79 Å².